The maximum Gasteiger partial charge on any atom is 0.0356 e. The molecule has 5 aromatic carbocycles. The van der Waals surface area contributed by atoms with Gasteiger partial charge in [0.2, 0.25) is 0 Å². The Morgan fingerprint density at radius 2 is 1.21 bits per heavy atom. The highest BCUT2D eigenvalue weighted by Crippen LogP contribution is 2.40. The Morgan fingerprint density at radius 3 is 2.07 bits per heavy atom. The molecule has 0 fully saturated rings. The third-order valence-electron chi connectivity index (χ3n) is 5.51. The van der Waals surface area contributed by atoms with Gasteiger partial charge in [-0.3, -0.25) is 0 Å². The molecule has 0 atom stereocenters. The van der Waals surface area contributed by atoms with Gasteiger partial charge in [-0.2, -0.15) is 0 Å². The molecule has 0 spiro atoms. The highest BCUT2D eigenvalue weighted by Gasteiger charge is 2.11. The van der Waals surface area contributed by atoms with Crippen molar-refractivity contribution in [2.75, 3.05) is 0 Å². The second-order valence-corrected chi connectivity index (χ2v) is 9.14. The molecule has 6 rings (SSSR count). The normalized spacial score (nSPS) is 11.8. The smallest absolute Gasteiger partial charge is 0.0356 e. The number of rotatable bonds is 1. The summed E-state index contributed by atoms with van der Waals surface area (Å²) in [6.07, 6.45) is 0. The molecule has 0 aliphatic carbocycles. The molecule has 1 aromatic heterocycles. The first-order valence-corrected chi connectivity index (χ1v) is 10.9. The zero-order chi connectivity index (χ0) is 18.7. The summed E-state index contributed by atoms with van der Waals surface area (Å²) in [4.78, 5) is 0. The van der Waals surface area contributed by atoms with Gasteiger partial charge in [0, 0.05) is 24.6 Å². The third kappa shape index (κ3) is 2.42. The average Bonchev–Trinajstić information content (AvgIpc) is 3.10. The predicted octanol–water partition coefficient (Wildman–Crippen LogP) is 8.79. The topological polar surface area (TPSA) is 0 Å². The van der Waals surface area contributed by atoms with Crippen molar-refractivity contribution in [1.29, 1.82) is 0 Å². The minimum atomic E-state index is 1.13. The Hall–Kier alpha value is -2.68. The van der Waals surface area contributed by atoms with E-state index in [2.05, 4.69) is 107 Å². The molecule has 0 amide bonds. The van der Waals surface area contributed by atoms with E-state index >= 15 is 0 Å². The quantitative estimate of drug-likeness (QED) is 0.225. The summed E-state index contributed by atoms with van der Waals surface area (Å²) >= 11 is 5.49. The fourth-order valence-corrected chi connectivity index (χ4v) is 5.64. The molecule has 0 radical (unpaired) electrons. The van der Waals surface area contributed by atoms with Crippen LogP contribution in [-0.2, 0) is 0 Å². The van der Waals surface area contributed by atoms with Crippen molar-refractivity contribution < 1.29 is 0 Å². The molecule has 0 saturated heterocycles. The van der Waals surface area contributed by atoms with E-state index in [0.29, 0.717) is 0 Å². The number of benzene rings is 5. The SMILES string of the molecule is Brc1ccc2sc3ccc(-c4cc5ccccc5c5ccccc45)cc3c2c1. The van der Waals surface area contributed by atoms with Crippen LogP contribution in [0.2, 0.25) is 0 Å². The molecule has 2 heteroatoms. The Bertz CT molecular complexity index is 1520. The van der Waals surface area contributed by atoms with Crippen LogP contribution in [0, 0.1) is 0 Å². The molecule has 28 heavy (non-hydrogen) atoms. The van der Waals surface area contributed by atoms with Crippen LogP contribution >= 0.6 is 27.3 Å². The van der Waals surface area contributed by atoms with Crippen LogP contribution in [0.25, 0.3) is 52.8 Å². The Morgan fingerprint density at radius 1 is 0.536 bits per heavy atom. The van der Waals surface area contributed by atoms with E-state index in [-0.39, 0.29) is 0 Å². The third-order valence-corrected chi connectivity index (χ3v) is 7.16. The summed E-state index contributed by atoms with van der Waals surface area (Å²) in [5.74, 6) is 0. The predicted molar refractivity (Wildman–Crippen MR) is 127 cm³/mol. The lowest BCUT2D eigenvalue weighted by Crippen LogP contribution is -1.84. The summed E-state index contributed by atoms with van der Waals surface area (Å²) in [7, 11) is 0. The molecule has 132 valence electrons. The van der Waals surface area contributed by atoms with E-state index in [1.54, 1.807) is 0 Å². The molecule has 0 aliphatic rings. The van der Waals surface area contributed by atoms with Crippen molar-refractivity contribution >= 4 is 69.0 Å². The van der Waals surface area contributed by atoms with Gasteiger partial charge >= 0.3 is 0 Å². The van der Waals surface area contributed by atoms with Crippen molar-refractivity contribution in [3.63, 3.8) is 0 Å². The van der Waals surface area contributed by atoms with Gasteiger partial charge in [-0.25, -0.2) is 0 Å². The van der Waals surface area contributed by atoms with Gasteiger partial charge in [-0.1, -0.05) is 70.5 Å². The fourth-order valence-electron chi connectivity index (χ4n) is 4.21. The van der Waals surface area contributed by atoms with Crippen LogP contribution in [0.15, 0.2) is 95.5 Å². The van der Waals surface area contributed by atoms with Gasteiger partial charge in [0.15, 0.2) is 0 Å². The average molecular weight is 439 g/mol. The molecule has 6 aromatic rings. The molecule has 0 N–H and O–H groups in total. The lowest BCUT2D eigenvalue weighted by atomic mass is 9.93. The van der Waals surface area contributed by atoms with Crippen LogP contribution in [0.5, 0.6) is 0 Å². The van der Waals surface area contributed by atoms with E-state index in [1.165, 1.54) is 52.8 Å². The second kappa shape index (κ2) is 6.16. The maximum absolute atomic E-state index is 3.63. The summed E-state index contributed by atoms with van der Waals surface area (Å²) < 4.78 is 3.79. The minimum Gasteiger partial charge on any atom is -0.135 e. The van der Waals surface area contributed by atoms with Crippen molar-refractivity contribution in [3.8, 4) is 11.1 Å². The fraction of sp³-hybridized carbons (Fsp3) is 0. The van der Waals surface area contributed by atoms with Gasteiger partial charge in [-0.15, -0.1) is 11.3 Å². The van der Waals surface area contributed by atoms with Crippen LogP contribution in [0.4, 0.5) is 0 Å². The van der Waals surface area contributed by atoms with Crippen LogP contribution in [-0.4, -0.2) is 0 Å². The van der Waals surface area contributed by atoms with Crippen LogP contribution < -0.4 is 0 Å². The van der Waals surface area contributed by atoms with Gasteiger partial charge in [0.1, 0.15) is 0 Å². The van der Waals surface area contributed by atoms with Crippen molar-refractivity contribution in [2.45, 2.75) is 0 Å². The standard InChI is InChI=1S/C26H15BrS/c27-18-10-12-26-24(15-18)23-14-17(9-11-25(23)28-26)22-13-16-5-1-2-6-19(16)20-7-3-4-8-21(20)22/h1-15H. The highest BCUT2D eigenvalue weighted by molar-refractivity contribution is 9.10. The Labute approximate surface area is 175 Å². The molecular formula is C26H15BrS. The lowest BCUT2D eigenvalue weighted by molar-refractivity contribution is 1.71. The first-order chi connectivity index (χ1) is 13.8. The summed E-state index contributed by atoms with van der Waals surface area (Å²) in [5.41, 5.74) is 2.57. The van der Waals surface area contributed by atoms with Crippen LogP contribution in [0.3, 0.4) is 0 Å². The van der Waals surface area contributed by atoms with Crippen molar-refractivity contribution in [3.05, 3.63) is 95.5 Å². The first kappa shape index (κ1) is 16.3. The molecule has 0 aliphatic heterocycles. The zero-order valence-electron chi connectivity index (χ0n) is 14.9. The number of hydrogen-bond acceptors (Lipinski definition) is 1. The lowest BCUT2D eigenvalue weighted by Gasteiger charge is -2.11. The molecule has 0 bridgehead atoms. The summed E-state index contributed by atoms with van der Waals surface area (Å²) in [5, 5.41) is 7.87. The molecule has 1 heterocycles. The zero-order valence-corrected chi connectivity index (χ0v) is 17.3. The molecule has 0 saturated carbocycles. The van der Waals surface area contributed by atoms with E-state index in [9.17, 15) is 0 Å². The van der Waals surface area contributed by atoms with Crippen molar-refractivity contribution in [2.24, 2.45) is 0 Å². The van der Waals surface area contributed by atoms with E-state index in [1.807, 2.05) is 11.3 Å². The van der Waals surface area contributed by atoms with Crippen molar-refractivity contribution in [1.82, 2.24) is 0 Å². The van der Waals surface area contributed by atoms with E-state index in [0.717, 1.165) is 4.47 Å². The number of halogens is 1. The maximum atomic E-state index is 3.63. The van der Waals surface area contributed by atoms with Gasteiger partial charge in [0.05, 0.1) is 0 Å². The minimum absolute atomic E-state index is 1.13. The Balaban J connectivity index is 1.71. The first-order valence-electron chi connectivity index (χ1n) is 9.31. The monoisotopic (exact) mass is 438 g/mol. The molecular weight excluding hydrogens is 424 g/mol. The van der Waals surface area contributed by atoms with Gasteiger partial charge < -0.3 is 0 Å². The highest BCUT2D eigenvalue weighted by atomic mass is 79.9. The van der Waals surface area contributed by atoms with Crippen LogP contribution in [0.1, 0.15) is 0 Å². The molecule has 0 unspecified atom stereocenters. The number of fused-ring (bicyclic) bond motifs is 6. The van der Waals surface area contributed by atoms with Gasteiger partial charge in [0.25, 0.3) is 0 Å². The van der Waals surface area contributed by atoms with E-state index in [4.69, 9.17) is 0 Å². The van der Waals surface area contributed by atoms with E-state index < -0.39 is 0 Å². The second-order valence-electron chi connectivity index (χ2n) is 7.14. The van der Waals surface area contributed by atoms with Gasteiger partial charge in [-0.05, 0) is 69.1 Å². The Kier molecular flexibility index (Phi) is 3.59. The number of thiophene rings is 1. The number of hydrogen-bond donors (Lipinski definition) is 0. The largest absolute Gasteiger partial charge is 0.135 e. The summed E-state index contributed by atoms with van der Waals surface area (Å²) in [6, 6.07) is 33.2. The summed E-state index contributed by atoms with van der Waals surface area (Å²) in [6.45, 7) is 0. The molecule has 0 nitrogen and oxygen atoms in total.